The maximum absolute atomic E-state index is 11.3. The zero-order valence-corrected chi connectivity index (χ0v) is 3.63. The van der Waals surface area contributed by atoms with Crippen LogP contribution in [0.3, 0.4) is 0 Å². The lowest BCUT2D eigenvalue weighted by Crippen LogP contribution is -1.87. The highest BCUT2D eigenvalue weighted by molar-refractivity contribution is 4.79. The molecule has 3 heteroatoms. The molecule has 0 aromatic heterocycles. The van der Waals surface area contributed by atoms with E-state index in [4.69, 9.17) is 0 Å². The van der Waals surface area contributed by atoms with E-state index in [1.54, 1.807) is 0 Å². The SMILES string of the molecule is C=C(F)CC(F)F. The Balaban J connectivity index is 3.13. The Kier molecular flexibility index (Phi) is 2.48. The molecule has 0 aliphatic rings. The van der Waals surface area contributed by atoms with Crippen LogP contribution in [-0.2, 0) is 0 Å². The summed E-state index contributed by atoms with van der Waals surface area (Å²) in [6, 6.07) is 0. The van der Waals surface area contributed by atoms with Gasteiger partial charge in [0.05, 0.1) is 12.2 Å². The van der Waals surface area contributed by atoms with Gasteiger partial charge in [0.25, 0.3) is 0 Å². The average molecular weight is 110 g/mol. The van der Waals surface area contributed by atoms with Crippen molar-refractivity contribution in [3.8, 4) is 0 Å². The van der Waals surface area contributed by atoms with Crippen LogP contribution in [0, 0.1) is 0 Å². The third kappa shape index (κ3) is 5.53. The summed E-state index contributed by atoms with van der Waals surface area (Å²) in [5.74, 6) is -0.963. The van der Waals surface area contributed by atoms with Crippen LogP contribution in [-0.4, -0.2) is 6.43 Å². The first-order valence-corrected chi connectivity index (χ1v) is 1.74. The monoisotopic (exact) mass is 110 g/mol. The standard InChI is InChI=1S/C4H5F3/c1-3(5)2-4(6)7/h4H,1-2H2. The second-order valence-electron chi connectivity index (χ2n) is 1.11. The molecule has 0 N–H and O–H groups in total. The van der Waals surface area contributed by atoms with Gasteiger partial charge in [0.15, 0.2) is 0 Å². The predicted molar refractivity (Wildman–Crippen MR) is 20.9 cm³/mol. The molecule has 0 saturated heterocycles. The van der Waals surface area contributed by atoms with Gasteiger partial charge in [-0.3, -0.25) is 0 Å². The van der Waals surface area contributed by atoms with E-state index in [9.17, 15) is 13.2 Å². The fourth-order valence-corrected chi connectivity index (χ4v) is 0.167. The zero-order valence-electron chi connectivity index (χ0n) is 3.63. The summed E-state index contributed by atoms with van der Waals surface area (Å²) in [6.45, 7) is 2.65. The molecule has 0 saturated carbocycles. The van der Waals surface area contributed by atoms with Gasteiger partial charge < -0.3 is 0 Å². The maximum atomic E-state index is 11.3. The lowest BCUT2D eigenvalue weighted by molar-refractivity contribution is 0.141. The highest BCUT2D eigenvalue weighted by Gasteiger charge is 2.02. The molecule has 0 aliphatic carbocycles. The second-order valence-corrected chi connectivity index (χ2v) is 1.11. The van der Waals surface area contributed by atoms with Gasteiger partial charge in [-0.05, 0) is 0 Å². The first kappa shape index (κ1) is 6.53. The van der Waals surface area contributed by atoms with Crippen molar-refractivity contribution in [1.82, 2.24) is 0 Å². The molecule has 0 fully saturated rings. The van der Waals surface area contributed by atoms with Crippen molar-refractivity contribution < 1.29 is 13.2 Å². The summed E-state index contributed by atoms with van der Waals surface area (Å²) < 4.78 is 33.2. The second kappa shape index (κ2) is 2.66. The largest absolute Gasteiger partial charge is 0.244 e. The normalized spacial score (nSPS) is 9.71. The number of halogens is 3. The van der Waals surface area contributed by atoms with Crippen LogP contribution in [0.5, 0.6) is 0 Å². The summed E-state index contributed by atoms with van der Waals surface area (Å²) in [4.78, 5) is 0. The van der Waals surface area contributed by atoms with Gasteiger partial charge in [-0.15, -0.1) is 0 Å². The van der Waals surface area contributed by atoms with Gasteiger partial charge in [0, 0.05) is 0 Å². The molecule has 0 aromatic carbocycles. The first-order chi connectivity index (χ1) is 3.13. The fraction of sp³-hybridized carbons (Fsp3) is 0.500. The van der Waals surface area contributed by atoms with E-state index in [-0.39, 0.29) is 0 Å². The topological polar surface area (TPSA) is 0 Å². The minimum absolute atomic E-state index is 0.833. The molecule has 0 atom stereocenters. The summed E-state index contributed by atoms with van der Waals surface area (Å²) in [5.41, 5.74) is 0. The van der Waals surface area contributed by atoms with Crippen molar-refractivity contribution in [3.63, 3.8) is 0 Å². The van der Waals surface area contributed by atoms with Crippen molar-refractivity contribution in [1.29, 1.82) is 0 Å². The molecule has 0 heterocycles. The van der Waals surface area contributed by atoms with Gasteiger partial charge in [-0.2, -0.15) is 0 Å². The van der Waals surface area contributed by atoms with E-state index in [2.05, 4.69) is 6.58 Å². The van der Waals surface area contributed by atoms with Crippen molar-refractivity contribution in [2.45, 2.75) is 12.8 Å². The summed E-state index contributed by atoms with van der Waals surface area (Å²) in [6.07, 6.45) is -3.43. The van der Waals surface area contributed by atoms with E-state index in [0.29, 0.717) is 0 Å². The van der Waals surface area contributed by atoms with Crippen molar-refractivity contribution >= 4 is 0 Å². The van der Waals surface area contributed by atoms with Gasteiger partial charge in [-0.1, -0.05) is 6.58 Å². The number of hydrogen-bond donors (Lipinski definition) is 0. The number of allylic oxidation sites excluding steroid dienone is 1. The molecule has 0 unspecified atom stereocenters. The molecule has 42 valence electrons. The molecule has 0 aliphatic heterocycles. The zero-order chi connectivity index (χ0) is 5.86. The third-order valence-electron chi connectivity index (χ3n) is 0.376. The molecule has 0 radical (unpaired) electrons. The predicted octanol–water partition coefficient (Wildman–Crippen LogP) is 2.12. The molecule has 7 heavy (non-hydrogen) atoms. The highest BCUT2D eigenvalue weighted by Crippen LogP contribution is 2.07. The van der Waals surface area contributed by atoms with Crippen LogP contribution in [0.25, 0.3) is 0 Å². The molecular weight excluding hydrogens is 105 g/mol. The number of hydrogen-bond acceptors (Lipinski definition) is 0. The van der Waals surface area contributed by atoms with Crippen LogP contribution in [0.15, 0.2) is 12.4 Å². The van der Waals surface area contributed by atoms with Crippen LogP contribution in [0.2, 0.25) is 0 Å². The number of rotatable bonds is 2. The lowest BCUT2D eigenvalue weighted by Gasteiger charge is -1.89. The van der Waals surface area contributed by atoms with Crippen molar-refractivity contribution in [3.05, 3.63) is 12.4 Å². The minimum atomic E-state index is -2.60. The summed E-state index contributed by atoms with van der Waals surface area (Å²) in [5, 5.41) is 0. The smallest absolute Gasteiger partial charge is 0.212 e. The minimum Gasteiger partial charge on any atom is -0.212 e. The first-order valence-electron chi connectivity index (χ1n) is 1.74. The third-order valence-corrected chi connectivity index (χ3v) is 0.376. The Morgan fingerprint density at radius 3 is 2.00 bits per heavy atom. The van der Waals surface area contributed by atoms with Gasteiger partial charge in [-0.25, -0.2) is 13.2 Å². The Morgan fingerprint density at radius 2 is 2.00 bits per heavy atom. The summed E-state index contributed by atoms with van der Waals surface area (Å²) >= 11 is 0. The molecule has 0 rings (SSSR count). The van der Waals surface area contributed by atoms with Crippen LogP contribution in [0.1, 0.15) is 6.42 Å². The van der Waals surface area contributed by atoms with Crippen LogP contribution >= 0.6 is 0 Å². The van der Waals surface area contributed by atoms with Gasteiger partial charge >= 0.3 is 0 Å². The molecule has 0 aromatic rings. The lowest BCUT2D eigenvalue weighted by atomic mass is 10.4. The maximum Gasteiger partial charge on any atom is 0.244 e. The average Bonchev–Trinajstić information content (AvgIpc) is 1.27. The highest BCUT2D eigenvalue weighted by atomic mass is 19.3. The molecule has 0 bridgehead atoms. The van der Waals surface area contributed by atoms with Crippen molar-refractivity contribution in [2.75, 3.05) is 0 Å². The van der Waals surface area contributed by atoms with E-state index in [1.165, 1.54) is 0 Å². The van der Waals surface area contributed by atoms with Gasteiger partial charge in [0.1, 0.15) is 0 Å². The fourth-order valence-electron chi connectivity index (χ4n) is 0.167. The molecule has 0 nitrogen and oxygen atoms in total. The van der Waals surface area contributed by atoms with E-state index < -0.39 is 18.7 Å². The Labute approximate surface area is 39.6 Å². The van der Waals surface area contributed by atoms with E-state index >= 15 is 0 Å². The Bertz CT molecular complexity index is 67.3. The molecule has 0 spiro atoms. The van der Waals surface area contributed by atoms with E-state index in [1.807, 2.05) is 0 Å². The Morgan fingerprint density at radius 1 is 1.57 bits per heavy atom. The van der Waals surface area contributed by atoms with Crippen LogP contribution < -0.4 is 0 Å². The summed E-state index contributed by atoms with van der Waals surface area (Å²) in [7, 11) is 0. The molecular formula is C4H5F3. The number of alkyl halides is 2. The Hall–Kier alpha value is -0.470. The van der Waals surface area contributed by atoms with Gasteiger partial charge in [0.2, 0.25) is 6.43 Å². The van der Waals surface area contributed by atoms with E-state index in [0.717, 1.165) is 0 Å². The molecule has 0 amide bonds. The van der Waals surface area contributed by atoms with Crippen molar-refractivity contribution in [2.24, 2.45) is 0 Å². The quantitative estimate of drug-likeness (QED) is 0.510. The van der Waals surface area contributed by atoms with Crippen LogP contribution in [0.4, 0.5) is 13.2 Å².